The topological polar surface area (TPSA) is 44.7 Å². The maximum atomic E-state index is 9.34. The van der Waals surface area contributed by atoms with E-state index >= 15 is 0 Å². The largest absolute Gasteiger partial charge is 0.394 e. The van der Waals surface area contributed by atoms with Crippen molar-refractivity contribution in [3.63, 3.8) is 0 Å². The number of benzene rings is 1. The average molecular weight is 299 g/mol. The van der Waals surface area contributed by atoms with Crippen LogP contribution in [0, 0.1) is 0 Å². The van der Waals surface area contributed by atoms with Gasteiger partial charge in [-0.1, -0.05) is 18.5 Å². The number of anilines is 1. The standard InChI is InChI=1S/C15H23ClN2O2/c1-3-17-7-12-6-13(16)4-5-15(12)18-8-11(2)20-14(9-18)10-19/h4-6,11,14,17,19H,3,7-10H2,1-2H3. The van der Waals surface area contributed by atoms with Gasteiger partial charge >= 0.3 is 0 Å². The number of aliphatic hydroxyl groups excluding tert-OH is 1. The number of halogens is 1. The Bertz CT molecular complexity index is 442. The number of hydrogen-bond acceptors (Lipinski definition) is 4. The van der Waals surface area contributed by atoms with Gasteiger partial charge in [-0.3, -0.25) is 0 Å². The SMILES string of the molecule is CCNCc1cc(Cl)ccc1N1CC(C)OC(CO)C1. The van der Waals surface area contributed by atoms with E-state index in [1.807, 2.05) is 19.1 Å². The third-order valence-corrected chi connectivity index (χ3v) is 3.71. The Morgan fingerprint density at radius 3 is 2.95 bits per heavy atom. The van der Waals surface area contributed by atoms with Crippen LogP contribution >= 0.6 is 11.6 Å². The Kier molecular flexibility index (Phi) is 5.66. The Morgan fingerprint density at radius 1 is 1.45 bits per heavy atom. The van der Waals surface area contributed by atoms with Crippen LogP contribution in [0.4, 0.5) is 5.69 Å². The highest BCUT2D eigenvalue weighted by molar-refractivity contribution is 6.30. The lowest BCUT2D eigenvalue weighted by Gasteiger charge is -2.38. The monoisotopic (exact) mass is 298 g/mol. The summed E-state index contributed by atoms with van der Waals surface area (Å²) in [7, 11) is 0. The highest BCUT2D eigenvalue weighted by atomic mass is 35.5. The molecule has 0 aromatic heterocycles. The van der Waals surface area contributed by atoms with Crippen molar-refractivity contribution >= 4 is 17.3 Å². The van der Waals surface area contributed by atoms with Gasteiger partial charge in [-0.15, -0.1) is 0 Å². The Hall–Kier alpha value is -0.810. The molecule has 2 unspecified atom stereocenters. The van der Waals surface area contributed by atoms with Crippen LogP contribution in [0.3, 0.4) is 0 Å². The first kappa shape index (κ1) is 15.6. The summed E-state index contributed by atoms with van der Waals surface area (Å²) >= 11 is 6.11. The number of ether oxygens (including phenoxy) is 1. The maximum Gasteiger partial charge on any atom is 0.0984 e. The maximum absolute atomic E-state index is 9.34. The summed E-state index contributed by atoms with van der Waals surface area (Å²) < 4.78 is 5.70. The highest BCUT2D eigenvalue weighted by Gasteiger charge is 2.26. The summed E-state index contributed by atoms with van der Waals surface area (Å²) in [5, 5.41) is 13.4. The lowest BCUT2D eigenvalue weighted by molar-refractivity contribution is -0.0421. The van der Waals surface area contributed by atoms with Crippen LogP contribution in [-0.4, -0.2) is 43.6 Å². The van der Waals surface area contributed by atoms with Crippen molar-refractivity contribution in [1.82, 2.24) is 5.32 Å². The molecule has 1 aliphatic heterocycles. The van der Waals surface area contributed by atoms with Crippen molar-refractivity contribution in [2.24, 2.45) is 0 Å². The molecule has 5 heteroatoms. The molecule has 112 valence electrons. The van der Waals surface area contributed by atoms with Crippen molar-refractivity contribution in [2.75, 3.05) is 31.1 Å². The molecule has 1 heterocycles. The lowest BCUT2D eigenvalue weighted by atomic mass is 10.1. The quantitative estimate of drug-likeness (QED) is 0.873. The molecule has 0 bridgehead atoms. The summed E-state index contributed by atoms with van der Waals surface area (Å²) in [5.41, 5.74) is 2.36. The molecule has 20 heavy (non-hydrogen) atoms. The summed E-state index contributed by atoms with van der Waals surface area (Å²) in [6.45, 7) is 7.43. The lowest BCUT2D eigenvalue weighted by Crippen LogP contribution is -2.48. The van der Waals surface area contributed by atoms with Crippen LogP contribution in [0.2, 0.25) is 5.02 Å². The van der Waals surface area contributed by atoms with Crippen LogP contribution in [0.25, 0.3) is 0 Å². The van der Waals surface area contributed by atoms with Gasteiger partial charge in [0, 0.05) is 30.3 Å². The molecule has 0 aliphatic carbocycles. The minimum Gasteiger partial charge on any atom is -0.394 e. The second-order valence-corrected chi connectivity index (χ2v) is 5.65. The minimum atomic E-state index is -0.124. The molecule has 0 amide bonds. The molecule has 1 aliphatic rings. The van der Waals surface area contributed by atoms with Crippen molar-refractivity contribution in [3.05, 3.63) is 28.8 Å². The molecule has 2 rings (SSSR count). The van der Waals surface area contributed by atoms with Gasteiger partial charge in [0.2, 0.25) is 0 Å². The number of nitrogens with zero attached hydrogens (tertiary/aromatic N) is 1. The third kappa shape index (κ3) is 3.85. The van der Waals surface area contributed by atoms with Gasteiger partial charge in [0.05, 0.1) is 18.8 Å². The zero-order valence-corrected chi connectivity index (χ0v) is 12.9. The molecular weight excluding hydrogens is 276 g/mol. The van der Waals surface area contributed by atoms with Gasteiger partial charge in [-0.25, -0.2) is 0 Å². The van der Waals surface area contributed by atoms with E-state index in [-0.39, 0.29) is 18.8 Å². The van der Waals surface area contributed by atoms with Gasteiger partial charge in [0.1, 0.15) is 0 Å². The van der Waals surface area contributed by atoms with E-state index in [0.717, 1.165) is 24.7 Å². The first-order valence-electron chi connectivity index (χ1n) is 7.14. The van der Waals surface area contributed by atoms with E-state index in [0.29, 0.717) is 6.54 Å². The second kappa shape index (κ2) is 7.27. The first-order chi connectivity index (χ1) is 9.63. The molecule has 4 nitrogen and oxygen atoms in total. The molecule has 2 atom stereocenters. The second-order valence-electron chi connectivity index (χ2n) is 5.21. The summed E-state index contributed by atoms with van der Waals surface area (Å²) in [4.78, 5) is 2.28. The average Bonchev–Trinajstić information content (AvgIpc) is 2.44. The Labute approximate surface area is 125 Å². The van der Waals surface area contributed by atoms with E-state index in [2.05, 4.69) is 23.2 Å². The number of hydrogen-bond donors (Lipinski definition) is 2. The van der Waals surface area contributed by atoms with Crippen LogP contribution in [0.1, 0.15) is 19.4 Å². The van der Waals surface area contributed by atoms with Gasteiger partial charge in [0.25, 0.3) is 0 Å². The first-order valence-corrected chi connectivity index (χ1v) is 7.52. The normalized spacial score (nSPS) is 23.1. The fraction of sp³-hybridized carbons (Fsp3) is 0.600. The summed E-state index contributed by atoms with van der Waals surface area (Å²) in [6.07, 6.45) is -0.00928. The molecule has 1 fully saturated rings. The van der Waals surface area contributed by atoms with Crippen LogP contribution in [0.15, 0.2) is 18.2 Å². The number of morpholine rings is 1. The van der Waals surface area contributed by atoms with E-state index in [1.165, 1.54) is 11.3 Å². The molecule has 0 radical (unpaired) electrons. The third-order valence-electron chi connectivity index (χ3n) is 3.48. The van der Waals surface area contributed by atoms with Crippen molar-refractivity contribution in [2.45, 2.75) is 32.6 Å². The summed E-state index contributed by atoms with van der Waals surface area (Å²) in [5.74, 6) is 0. The molecule has 0 spiro atoms. The van der Waals surface area contributed by atoms with E-state index in [4.69, 9.17) is 16.3 Å². The van der Waals surface area contributed by atoms with Gasteiger partial charge in [-0.2, -0.15) is 0 Å². The Morgan fingerprint density at radius 2 is 2.25 bits per heavy atom. The Balaban J connectivity index is 2.21. The fourth-order valence-corrected chi connectivity index (χ4v) is 2.80. The van der Waals surface area contributed by atoms with Crippen molar-refractivity contribution < 1.29 is 9.84 Å². The summed E-state index contributed by atoms with van der Waals surface area (Å²) in [6, 6.07) is 5.98. The molecule has 1 aromatic rings. The van der Waals surface area contributed by atoms with Gasteiger partial charge in [-0.05, 0) is 37.2 Å². The smallest absolute Gasteiger partial charge is 0.0984 e. The molecule has 1 saturated heterocycles. The van der Waals surface area contributed by atoms with E-state index < -0.39 is 0 Å². The molecule has 0 saturated carbocycles. The van der Waals surface area contributed by atoms with Crippen molar-refractivity contribution in [1.29, 1.82) is 0 Å². The number of rotatable bonds is 5. The van der Waals surface area contributed by atoms with E-state index in [1.54, 1.807) is 0 Å². The van der Waals surface area contributed by atoms with Crippen LogP contribution in [0.5, 0.6) is 0 Å². The van der Waals surface area contributed by atoms with E-state index in [9.17, 15) is 5.11 Å². The highest BCUT2D eigenvalue weighted by Crippen LogP contribution is 2.27. The van der Waals surface area contributed by atoms with Crippen molar-refractivity contribution in [3.8, 4) is 0 Å². The molecule has 1 aromatic carbocycles. The predicted octanol–water partition coefficient (Wildman–Crippen LogP) is 2.04. The zero-order valence-electron chi connectivity index (χ0n) is 12.1. The minimum absolute atomic E-state index is 0.0526. The van der Waals surface area contributed by atoms with Gasteiger partial charge in [0.15, 0.2) is 0 Å². The molecular formula is C15H23ClN2O2. The van der Waals surface area contributed by atoms with Crippen LogP contribution < -0.4 is 10.2 Å². The predicted molar refractivity (Wildman–Crippen MR) is 82.5 cm³/mol. The zero-order chi connectivity index (χ0) is 14.5. The number of nitrogens with one attached hydrogen (secondary N) is 1. The molecule has 2 N–H and O–H groups in total. The van der Waals surface area contributed by atoms with Gasteiger partial charge < -0.3 is 20.1 Å². The van der Waals surface area contributed by atoms with Crippen LogP contribution in [-0.2, 0) is 11.3 Å². The number of aliphatic hydroxyl groups is 1. The fourth-order valence-electron chi connectivity index (χ4n) is 2.61.